The molecule has 1 aromatic rings. The molecule has 4 heteroatoms. The van der Waals surface area contributed by atoms with E-state index in [-0.39, 0.29) is 11.6 Å². The summed E-state index contributed by atoms with van der Waals surface area (Å²) < 4.78 is 18.2. The van der Waals surface area contributed by atoms with Crippen LogP contribution < -0.4 is 4.74 Å². The smallest absolute Gasteiger partial charge is 0.165 e. The van der Waals surface area contributed by atoms with Gasteiger partial charge in [0.15, 0.2) is 11.6 Å². The Balaban J connectivity index is 2.48. The molecule has 1 atom stereocenters. The second-order valence-corrected chi connectivity index (χ2v) is 5.21. The van der Waals surface area contributed by atoms with E-state index in [0.29, 0.717) is 6.42 Å². The Kier molecular flexibility index (Phi) is 6.37. The zero-order valence-corrected chi connectivity index (χ0v) is 11.1. The first-order chi connectivity index (χ1) is 8.17. The van der Waals surface area contributed by atoms with Gasteiger partial charge in [0, 0.05) is 0 Å². The van der Waals surface area contributed by atoms with Gasteiger partial charge in [-0.1, -0.05) is 13.0 Å². The number of methoxy groups -OCH3 is 1. The Morgan fingerprint density at radius 1 is 1.47 bits per heavy atom. The Morgan fingerprint density at radius 3 is 2.82 bits per heavy atom. The zero-order chi connectivity index (χ0) is 12.7. The molecule has 0 bridgehead atoms. The highest BCUT2D eigenvalue weighted by atomic mass is 32.2. The Morgan fingerprint density at radius 2 is 2.24 bits per heavy atom. The van der Waals surface area contributed by atoms with Crippen LogP contribution in [0.3, 0.4) is 0 Å². The Hall–Kier alpha value is -0.740. The number of benzene rings is 1. The molecule has 0 aromatic heterocycles. The van der Waals surface area contributed by atoms with Crippen LogP contribution in [0, 0.1) is 5.82 Å². The van der Waals surface area contributed by atoms with Crippen molar-refractivity contribution < 1.29 is 14.2 Å². The summed E-state index contributed by atoms with van der Waals surface area (Å²) in [4.78, 5) is 0. The van der Waals surface area contributed by atoms with Crippen molar-refractivity contribution in [3.63, 3.8) is 0 Å². The normalized spacial score (nSPS) is 12.5. The molecule has 17 heavy (non-hydrogen) atoms. The average Bonchev–Trinajstić information content (AvgIpc) is 2.29. The quantitative estimate of drug-likeness (QED) is 0.763. The monoisotopic (exact) mass is 258 g/mol. The summed E-state index contributed by atoms with van der Waals surface area (Å²) in [5.41, 5.74) is 0.803. The molecule has 96 valence electrons. The van der Waals surface area contributed by atoms with Gasteiger partial charge in [0.05, 0.1) is 13.2 Å². The summed E-state index contributed by atoms with van der Waals surface area (Å²) in [6, 6.07) is 4.81. The molecular weight excluding hydrogens is 239 g/mol. The van der Waals surface area contributed by atoms with Crippen LogP contribution in [0.2, 0.25) is 0 Å². The van der Waals surface area contributed by atoms with Crippen molar-refractivity contribution >= 4 is 11.8 Å². The molecule has 1 aromatic carbocycles. The van der Waals surface area contributed by atoms with E-state index in [4.69, 9.17) is 4.74 Å². The van der Waals surface area contributed by atoms with Crippen LogP contribution in [0.4, 0.5) is 4.39 Å². The maximum atomic E-state index is 13.4. The van der Waals surface area contributed by atoms with E-state index in [1.807, 2.05) is 0 Å². The molecule has 0 aliphatic rings. The lowest BCUT2D eigenvalue weighted by molar-refractivity contribution is 0.172. The van der Waals surface area contributed by atoms with Crippen molar-refractivity contribution in [2.24, 2.45) is 0 Å². The molecule has 1 unspecified atom stereocenters. The van der Waals surface area contributed by atoms with Crippen molar-refractivity contribution in [2.45, 2.75) is 25.9 Å². The summed E-state index contributed by atoms with van der Waals surface area (Å²) in [5, 5.41) is 9.78. The summed E-state index contributed by atoms with van der Waals surface area (Å²) in [7, 11) is 1.44. The molecule has 0 aliphatic heterocycles. The van der Waals surface area contributed by atoms with Crippen molar-refractivity contribution in [3.05, 3.63) is 29.6 Å². The number of thioether (sulfide) groups is 1. The van der Waals surface area contributed by atoms with E-state index in [1.54, 1.807) is 23.9 Å². The number of aliphatic hydroxyl groups is 1. The first-order valence-electron chi connectivity index (χ1n) is 5.75. The van der Waals surface area contributed by atoms with Crippen molar-refractivity contribution in [2.75, 3.05) is 18.6 Å². The standard InChI is InChI=1S/C13H19FO2S/c1-3-17-7-6-11(15)8-10-4-5-13(16-2)12(14)9-10/h4-5,9,11,15H,3,6-8H2,1-2H3. The highest BCUT2D eigenvalue weighted by molar-refractivity contribution is 7.99. The minimum atomic E-state index is -0.401. The van der Waals surface area contributed by atoms with E-state index < -0.39 is 6.10 Å². The molecule has 0 spiro atoms. The van der Waals surface area contributed by atoms with Crippen LogP contribution in [0.25, 0.3) is 0 Å². The van der Waals surface area contributed by atoms with Crippen LogP contribution >= 0.6 is 11.8 Å². The maximum Gasteiger partial charge on any atom is 0.165 e. The average molecular weight is 258 g/mol. The van der Waals surface area contributed by atoms with Gasteiger partial charge in [-0.25, -0.2) is 4.39 Å². The van der Waals surface area contributed by atoms with E-state index in [1.165, 1.54) is 13.2 Å². The highest BCUT2D eigenvalue weighted by Gasteiger charge is 2.08. The fourth-order valence-electron chi connectivity index (χ4n) is 1.57. The van der Waals surface area contributed by atoms with Crippen LogP contribution in [0.5, 0.6) is 5.75 Å². The van der Waals surface area contributed by atoms with Crippen molar-refractivity contribution in [3.8, 4) is 5.75 Å². The lowest BCUT2D eigenvalue weighted by atomic mass is 10.1. The highest BCUT2D eigenvalue weighted by Crippen LogP contribution is 2.19. The van der Waals surface area contributed by atoms with Crippen LogP contribution in [-0.2, 0) is 6.42 Å². The topological polar surface area (TPSA) is 29.5 Å². The molecular formula is C13H19FO2S. The van der Waals surface area contributed by atoms with Crippen LogP contribution in [-0.4, -0.2) is 29.8 Å². The number of rotatable bonds is 7. The predicted octanol–water partition coefficient (Wildman–Crippen LogP) is 2.88. The molecule has 0 saturated heterocycles. The van der Waals surface area contributed by atoms with E-state index >= 15 is 0 Å². The Bertz CT molecular complexity index is 344. The van der Waals surface area contributed by atoms with E-state index in [2.05, 4.69) is 6.92 Å². The summed E-state index contributed by atoms with van der Waals surface area (Å²) in [6.07, 6.45) is 0.832. The van der Waals surface area contributed by atoms with Gasteiger partial charge >= 0.3 is 0 Å². The lowest BCUT2D eigenvalue weighted by Gasteiger charge is -2.11. The largest absolute Gasteiger partial charge is 0.494 e. The van der Waals surface area contributed by atoms with Gasteiger partial charge < -0.3 is 9.84 Å². The molecule has 0 fully saturated rings. The molecule has 1 rings (SSSR count). The van der Waals surface area contributed by atoms with Crippen molar-refractivity contribution in [1.29, 1.82) is 0 Å². The number of halogens is 1. The van der Waals surface area contributed by atoms with Crippen LogP contribution in [0.1, 0.15) is 18.9 Å². The third-order valence-corrected chi connectivity index (χ3v) is 3.42. The van der Waals surface area contributed by atoms with Crippen LogP contribution in [0.15, 0.2) is 18.2 Å². The zero-order valence-electron chi connectivity index (χ0n) is 10.3. The molecule has 2 nitrogen and oxygen atoms in total. The molecule has 0 heterocycles. The second kappa shape index (κ2) is 7.56. The fraction of sp³-hybridized carbons (Fsp3) is 0.538. The molecule has 0 radical (unpaired) electrons. The summed E-state index contributed by atoms with van der Waals surface area (Å²) >= 11 is 1.80. The van der Waals surface area contributed by atoms with E-state index in [0.717, 1.165) is 23.5 Å². The third-order valence-electron chi connectivity index (χ3n) is 2.49. The Labute approximate surface area is 106 Å². The first kappa shape index (κ1) is 14.3. The second-order valence-electron chi connectivity index (χ2n) is 3.81. The minimum absolute atomic E-state index is 0.241. The predicted molar refractivity (Wildman–Crippen MR) is 70.3 cm³/mol. The van der Waals surface area contributed by atoms with Gasteiger partial charge in [0.2, 0.25) is 0 Å². The molecule has 1 N–H and O–H groups in total. The fourth-order valence-corrected chi connectivity index (χ4v) is 2.30. The SMILES string of the molecule is CCSCCC(O)Cc1ccc(OC)c(F)c1. The van der Waals surface area contributed by atoms with Gasteiger partial charge in [0.25, 0.3) is 0 Å². The molecule has 0 aliphatic carbocycles. The summed E-state index contributed by atoms with van der Waals surface area (Å²) in [5.74, 6) is 1.87. The summed E-state index contributed by atoms with van der Waals surface area (Å²) in [6.45, 7) is 2.09. The van der Waals surface area contributed by atoms with Crippen molar-refractivity contribution in [1.82, 2.24) is 0 Å². The first-order valence-corrected chi connectivity index (χ1v) is 6.91. The van der Waals surface area contributed by atoms with Gasteiger partial charge in [-0.05, 0) is 42.0 Å². The third kappa shape index (κ3) is 4.96. The maximum absolute atomic E-state index is 13.4. The van der Waals surface area contributed by atoms with Gasteiger partial charge in [-0.2, -0.15) is 11.8 Å². The number of hydrogen-bond acceptors (Lipinski definition) is 3. The molecule has 0 saturated carbocycles. The lowest BCUT2D eigenvalue weighted by Crippen LogP contribution is -2.11. The van der Waals surface area contributed by atoms with E-state index in [9.17, 15) is 9.50 Å². The number of hydrogen-bond donors (Lipinski definition) is 1. The number of ether oxygens (including phenoxy) is 1. The molecule has 0 amide bonds. The van der Waals surface area contributed by atoms with Gasteiger partial charge in [0.1, 0.15) is 0 Å². The number of aliphatic hydroxyl groups excluding tert-OH is 1. The van der Waals surface area contributed by atoms with Gasteiger partial charge in [-0.15, -0.1) is 0 Å². The van der Waals surface area contributed by atoms with Gasteiger partial charge in [-0.3, -0.25) is 0 Å². The minimum Gasteiger partial charge on any atom is -0.494 e.